The summed E-state index contributed by atoms with van der Waals surface area (Å²) in [5.74, 6) is 0.531. The maximum atomic E-state index is 12.3. The van der Waals surface area contributed by atoms with Gasteiger partial charge in [-0.3, -0.25) is 4.79 Å². The minimum atomic E-state index is -0.0803. The fourth-order valence-corrected chi connectivity index (χ4v) is 3.69. The standard InChI is InChI=1S/C16H17N3O2S2/c1-11-12(4-8-22-11)9-16(21)17-15-10-13(14-3-2-7-23-14)18-19(15)5-6-20/h2-4,7-8,10,20H,5-6,9H2,1H3,(H,17,21). The lowest BCUT2D eigenvalue weighted by atomic mass is 10.2. The van der Waals surface area contributed by atoms with Gasteiger partial charge in [-0.25, -0.2) is 4.68 Å². The number of amides is 1. The van der Waals surface area contributed by atoms with Crippen molar-refractivity contribution in [2.24, 2.45) is 0 Å². The number of aryl methyl sites for hydroxylation is 1. The molecule has 0 unspecified atom stereocenters. The lowest BCUT2D eigenvalue weighted by Gasteiger charge is -2.07. The van der Waals surface area contributed by atoms with E-state index in [0.717, 1.165) is 21.0 Å². The van der Waals surface area contributed by atoms with Gasteiger partial charge < -0.3 is 10.4 Å². The predicted octanol–water partition coefficient (Wildman–Crippen LogP) is 3.16. The Labute approximate surface area is 142 Å². The Bertz CT molecular complexity index is 790. The summed E-state index contributed by atoms with van der Waals surface area (Å²) in [4.78, 5) is 14.5. The van der Waals surface area contributed by atoms with Crippen LogP contribution in [-0.2, 0) is 17.8 Å². The maximum absolute atomic E-state index is 12.3. The highest BCUT2D eigenvalue weighted by molar-refractivity contribution is 7.13. The minimum Gasteiger partial charge on any atom is -0.394 e. The van der Waals surface area contributed by atoms with Gasteiger partial charge in [0.25, 0.3) is 0 Å². The molecule has 5 nitrogen and oxygen atoms in total. The van der Waals surface area contributed by atoms with Crippen LogP contribution in [0.5, 0.6) is 0 Å². The number of anilines is 1. The van der Waals surface area contributed by atoms with Crippen molar-refractivity contribution in [3.63, 3.8) is 0 Å². The van der Waals surface area contributed by atoms with Gasteiger partial charge in [-0.15, -0.1) is 22.7 Å². The molecule has 0 saturated heterocycles. The first-order chi connectivity index (χ1) is 11.2. The van der Waals surface area contributed by atoms with Crippen LogP contribution in [0.2, 0.25) is 0 Å². The molecular formula is C16H17N3O2S2. The molecule has 3 heterocycles. The van der Waals surface area contributed by atoms with Crippen LogP contribution in [0.15, 0.2) is 35.0 Å². The van der Waals surface area contributed by atoms with Crippen molar-refractivity contribution in [1.29, 1.82) is 0 Å². The third-order valence-corrected chi connectivity index (χ3v) is 5.23. The quantitative estimate of drug-likeness (QED) is 0.720. The van der Waals surface area contributed by atoms with Gasteiger partial charge in [0.2, 0.25) is 5.91 Å². The van der Waals surface area contributed by atoms with Crippen LogP contribution in [0, 0.1) is 6.92 Å². The molecule has 120 valence electrons. The molecule has 0 spiro atoms. The van der Waals surface area contributed by atoms with E-state index in [1.54, 1.807) is 27.4 Å². The number of aliphatic hydroxyl groups excluding tert-OH is 1. The zero-order valence-electron chi connectivity index (χ0n) is 12.7. The summed E-state index contributed by atoms with van der Waals surface area (Å²) in [5.41, 5.74) is 1.84. The van der Waals surface area contributed by atoms with Crippen LogP contribution in [0.25, 0.3) is 10.6 Å². The van der Waals surface area contributed by atoms with Crippen molar-refractivity contribution in [2.75, 3.05) is 11.9 Å². The molecule has 3 aromatic heterocycles. The van der Waals surface area contributed by atoms with E-state index in [9.17, 15) is 9.90 Å². The molecule has 0 fully saturated rings. The second-order valence-electron chi connectivity index (χ2n) is 5.07. The average molecular weight is 347 g/mol. The molecule has 0 aliphatic rings. The summed E-state index contributed by atoms with van der Waals surface area (Å²) >= 11 is 3.23. The van der Waals surface area contributed by atoms with E-state index < -0.39 is 0 Å². The van der Waals surface area contributed by atoms with Gasteiger partial charge in [0, 0.05) is 10.9 Å². The number of hydrogen-bond acceptors (Lipinski definition) is 5. The molecule has 0 aliphatic carbocycles. The molecule has 3 aromatic rings. The molecule has 23 heavy (non-hydrogen) atoms. The number of hydrogen-bond donors (Lipinski definition) is 2. The summed E-state index contributed by atoms with van der Waals surface area (Å²) in [6.45, 7) is 2.33. The van der Waals surface area contributed by atoms with Gasteiger partial charge in [0.15, 0.2) is 0 Å². The van der Waals surface area contributed by atoms with Crippen LogP contribution in [0.3, 0.4) is 0 Å². The highest BCUT2D eigenvalue weighted by Gasteiger charge is 2.14. The van der Waals surface area contributed by atoms with Crippen molar-refractivity contribution in [1.82, 2.24) is 9.78 Å². The average Bonchev–Trinajstić information content (AvgIpc) is 3.23. The van der Waals surface area contributed by atoms with Crippen LogP contribution in [0.1, 0.15) is 10.4 Å². The first-order valence-corrected chi connectivity index (χ1v) is 8.98. The number of aromatic nitrogens is 2. The molecule has 0 aliphatic heterocycles. The number of nitrogens with zero attached hydrogens (tertiary/aromatic N) is 2. The number of aliphatic hydroxyl groups is 1. The van der Waals surface area contributed by atoms with E-state index in [0.29, 0.717) is 18.8 Å². The largest absolute Gasteiger partial charge is 0.394 e. The van der Waals surface area contributed by atoms with Crippen molar-refractivity contribution in [3.05, 3.63) is 45.5 Å². The number of carbonyl (C=O) groups excluding carboxylic acids is 1. The van der Waals surface area contributed by atoms with Crippen LogP contribution in [0.4, 0.5) is 5.82 Å². The van der Waals surface area contributed by atoms with Crippen molar-refractivity contribution >= 4 is 34.4 Å². The van der Waals surface area contributed by atoms with Gasteiger partial charge >= 0.3 is 0 Å². The highest BCUT2D eigenvalue weighted by atomic mass is 32.1. The first-order valence-electron chi connectivity index (χ1n) is 7.23. The number of thiophene rings is 2. The molecule has 3 rings (SSSR count). The van der Waals surface area contributed by atoms with Gasteiger partial charge in [-0.1, -0.05) is 6.07 Å². The fourth-order valence-electron chi connectivity index (χ4n) is 2.28. The third-order valence-electron chi connectivity index (χ3n) is 3.45. The second-order valence-corrected chi connectivity index (χ2v) is 7.13. The Morgan fingerprint density at radius 3 is 2.87 bits per heavy atom. The summed E-state index contributed by atoms with van der Waals surface area (Å²) in [6, 6.07) is 7.76. The van der Waals surface area contributed by atoms with Crippen LogP contribution >= 0.6 is 22.7 Å². The minimum absolute atomic E-state index is 0.0297. The van der Waals surface area contributed by atoms with Gasteiger partial charge in [-0.05, 0) is 35.4 Å². The Morgan fingerprint density at radius 2 is 2.22 bits per heavy atom. The SMILES string of the molecule is Cc1sccc1CC(=O)Nc1cc(-c2cccs2)nn1CCO. The molecular weight excluding hydrogens is 330 g/mol. The van der Waals surface area contributed by atoms with Crippen molar-refractivity contribution < 1.29 is 9.90 Å². The van der Waals surface area contributed by atoms with Gasteiger partial charge in [-0.2, -0.15) is 5.10 Å². The summed E-state index contributed by atoms with van der Waals surface area (Å²) in [7, 11) is 0. The Kier molecular flexibility index (Phi) is 4.90. The molecule has 0 atom stereocenters. The van der Waals surface area contributed by atoms with E-state index in [-0.39, 0.29) is 12.5 Å². The summed E-state index contributed by atoms with van der Waals surface area (Å²) < 4.78 is 1.63. The second kappa shape index (κ2) is 7.08. The van der Waals surface area contributed by atoms with Gasteiger partial charge in [0.1, 0.15) is 11.5 Å². The molecule has 0 aromatic carbocycles. The zero-order valence-corrected chi connectivity index (χ0v) is 14.3. The smallest absolute Gasteiger partial charge is 0.229 e. The van der Waals surface area contributed by atoms with E-state index in [1.165, 1.54) is 0 Å². The summed E-state index contributed by atoms with van der Waals surface area (Å²) in [6.07, 6.45) is 0.341. The zero-order chi connectivity index (χ0) is 16.2. The molecule has 2 N–H and O–H groups in total. The van der Waals surface area contributed by atoms with E-state index in [2.05, 4.69) is 10.4 Å². The van der Waals surface area contributed by atoms with Crippen LogP contribution < -0.4 is 5.32 Å². The number of carbonyl (C=O) groups is 1. The third kappa shape index (κ3) is 3.69. The Hall–Kier alpha value is -1.96. The Morgan fingerprint density at radius 1 is 1.35 bits per heavy atom. The lowest BCUT2D eigenvalue weighted by Crippen LogP contribution is -2.18. The summed E-state index contributed by atoms with van der Waals surface area (Å²) in [5, 5.41) is 20.5. The number of nitrogens with one attached hydrogen (secondary N) is 1. The van der Waals surface area contributed by atoms with Gasteiger partial charge in [0.05, 0.1) is 24.4 Å². The monoisotopic (exact) mass is 347 g/mol. The molecule has 0 saturated carbocycles. The van der Waals surface area contributed by atoms with E-state index in [4.69, 9.17) is 0 Å². The lowest BCUT2D eigenvalue weighted by molar-refractivity contribution is -0.115. The normalized spacial score (nSPS) is 10.9. The first kappa shape index (κ1) is 15.9. The number of rotatable bonds is 6. The molecule has 1 amide bonds. The van der Waals surface area contributed by atoms with E-state index in [1.807, 2.05) is 41.9 Å². The molecule has 0 bridgehead atoms. The van der Waals surface area contributed by atoms with Crippen molar-refractivity contribution in [3.8, 4) is 10.6 Å². The van der Waals surface area contributed by atoms with Crippen LogP contribution in [-0.4, -0.2) is 27.4 Å². The Balaban J connectivity index is 1.78. The maximum Gasteiger partial charge on any atom is 0.229 e. The van der Waals surface area contributed by atoms with Crippen molar-refractivity contribution in [2.45, 2.75) is 19.9 Å². The van der Waals surface area contributed by atoms with E-state index >= 15 is 0 Å². The molecule has 0 radical (unpaired) electrons. The predicted molar refractivity (Wildman–Crippen MR) is 94.0 cm³/mol. The highest BCUT2D eigenvalue weighted by Crippen LogP contribution is 2.26. The fraction of sp³-hybridized carbons (Fsp3) is 0.250. The molecule has 7 heteroatoms. The topological polar surface area (TPSA) is 67.2 Å².